The average molecular weight is 268 g/mol. The first kappa shape index (κ1) is 11.6. The van der Waals surface area contributed by atoms with Gasteiger partial charge < -0.3 is 14.4 Å². The van der Waals surface area contributed by atoms with E-state index < -0.39 is 0 Å². The van der Waals surface area contributed by atoms with E-state index >= 15 is 0 Å². The van der Waals surface area contributed by atoms with E-state index in [1.807, 2.05) is 18.2 Å². The molecule has 4 rings (SSSR count). The molecule has 4 heteroatoms. The van der Waals surface area contributed by atoms with Crippen molar-refractivity contribution in [2.75, 3.05) is 18.4 Å². The minimum atomic E-state index is 0.587. The number of anilines is 1. The Balaban J connectivity index is 1.63. The van der Waals surface area contributed by atoms with Crippen LogP contribution >= 0.6 is 0 Å². The van der Waals surface area contributed by atoms with Gasteiger partial charge in [-0.3, -0.25) is 5.32 Å². The molecule has 102 valence electrons. The number of fused-ring (bicyclic) bond motifs is 2. The third-order valence-electron chi connectivity index (χ3n) is 3.76. The van der Waals surface area contributed by atoms with Gasteiger partial charge in [0.2, 0.25) is 0 Å². The first-order valence-corrected chi connectivity index (χ1v) is 6.82. The van der Waals surface area contributed by atoms with Gasteiger partial charge in [0.1, 0.15) is 18.2 Å². The number of ether oxygens (including phenoxy) is 2. The van der Waals surface area contributed by atoms with E-state index in [1.54, 1.807) is 0 Å². The monoisotopic (exact) mass is 268 g/mol. The fourth-order valence-electron chi connectivity index (χ4n) is 2.70. The molecule has 0 spiro atoms. The molecule has 2 aliphatic rings. The molecule has 2 heterocycles. The SMILES string of the molecule is c1ccc2c(c1)CN(c1ccc3c(c1)CNCO3)CO2. The molecule has 2 aromatic carbocycles. The number of nitrogens with one attached hydrogen (secondary N) is 1. The van der Waals surface area contributed by atoms with Gasteiger partial charge in [-0.2, -0.15) is 0 Å². The van der Waals surface area contributed by atoms with Crippen molar-refractivity contribution in [2.24, 2.45) is 0 Å². The summed E-state index contributed by atoms with van der Waals surface area (Å²) in [5.74, 6) is 1.97. The van der Waals surface area contributed by atoms with Crippen molar-refractivity contribution in [1.29, 1.82) is 0 Å². The van der Waals surface area contributed by atoms with Crippen LogP contribution in [0.3, 0.4) is 0 Å². The molecule has 0 aliphatic carbocycles. The second kappa shape index (κ2) is 4.72. The van der Waals surface area contributed by atoms with Crippen molar-refractivity contribution >= 4 is 5.69 Å². The Morgan fingerprint density at radius 3 is 2.85 bits per heavy atom. The fourth-order valence-corrected chi connectivity index (χ4v) is 2.70. The number of hydrogen-bond donors (Lipinski definition) is 1. The van der Waals surface area contributed by atoms with E-state index in [9.17, 15) is 0 Å². The zero-order valence-electron chi connectivity index (χ0n) is 11.1. The van der Waals surface area contributed by atoms with E-state index in [0.717, 1.165) is 24.6 Å². The predicted molar refractivity (Wildman–Crippen MR) is 76.9 cm³/mol. The molecule has 2 aliphatic heterocycles. The number of hydrogen-bond acceptors (Lipinski definition) is 4. The Kier molecular flexibility index (Phi) is 2.74. The van der Waals surface area contributed by atoms with Gasteiger partial charge >= 0.3 is 0 Å². The first-order chi connectivity index (χ1) is 9.90. The molecule has 0 unspecified atom stereocenters. The van der Waals surface area contributed by atoms with Crippen LogP contribution in [0, 0.1) is 0 Å². The third kappa shape index (κ3) is 1.98. The highest BCUT2D eigenvalue weighted by Gasteiger charge is 2.19. The van der Waals surface area contributed by atoms with E-state index in [4.69, 9.17) is 9.47 Å². The first-order valence-electron chi connectivity index (χ1n) is 6.82. The Morgan fingerprint density at radius 1 is 0.950 bits per heavy atom. The molecule has 1 N–H and O–H groups in total. The Labute approximate surface area is 117 Å². The Morgan fingerprint density at radius 2 is 1.85 bits per heavy atom. The van der Waals surface area contributed by atoms with Crippen LogP contribution in [0.5, 0.6) is 11.5 Å². The van der Waals surface area contributed by atoms with Crippen LogP contribution in [0.15, 0.2) is 42.5 Å². The normalized spacial score (nSPS) is 16.7. The summed E-state index contributed by atoms with van der Waals surface area (Å²) in [6, 6.07) is 14.5. The van der Waals surface area contributed by atoms with Gasteiger partial charge in [-0.15, -0.1) is 0 Å². The lowest BCUT2D eigenvalue weighted by Crippen LogP contribution is -2.32. The quantitative estimate of drug-likeness (QED) is 0.861. The summed E-state index contributed by atoms with van der Waals surface area (Å²) in [5, 5.41) is 3.21. The minimum absolute atomic E-state index is 0.587. The molecule has 20 heavy (non-hydrogen) atoms. The van der Waals surface area contributed by atoms with Crippen molar-refractivity contribution in [3.8, 4) is 11.5 Å². The molecule has 0 saturated heterocycles. The zero-order valence-corrected chi connectivity index (χ0v) is 11.1. The van der Waals surface area contributed by atoms with Gasteiger partial charge in [-0.05, 0) is 24.3 Å². The van der Waals surface area contributed by atoms with Crippen LogP contribution in [0.25, 0.3) is 0 Å². The molecule has 4 nitrogen and oxygen atoms in total. The van der Waals surface area contributed by atoms with Crippen molar-refractivity contribution in [3.05, 3.63) is 53.6 Å². The lowest BCUT2D eigenvalue weighted by molar-refractivity contribution is 0.257. The molecule has 0 bridgehead atoms. The minimum Gasteiger partial charge on any atom is -0.478 e. The van der Waals surface area contributed by atoms with Crippen LogP contribution in [-0.2, 0) is 13.1 Å². The smallest absolute Gasteiger partial charge is 0.161 e. The maximum Gasteiger partial charge on any atom is 0.161 e. The Hall–Kier alpha value is -2.20. The van der Waals surface area contributed by atoms with Crippen LogP contribution in [0.4, 0.5) is 5.69 Å². The summed E-state index contributed by atoms with van der Waals surface area (Å²) in [7, 11) is 0. The van der Waals surface area contributed by atoms with Crippen molar-refractivity contribution in [2.45, 2.75) is 13.1 Å². The summed E-state index contributed by atoms with van der Waals surface area (Å²) < 4.78 is 11.4. The number of rotatable bonds is 1. The predicted octanol–water partition coefficient (Wildman–Crippen LogP) is 2.48. The van der Waals surface area contributed by atoms with Crippen molar-refractivity contribution < 1.29 is 9.47 Å². The summed E-state index contributed by atoms with van der Waals surface area (Å²) in [4.78, 5) is 2.23. The van der Waals surface area contributed by atoms with E-state index in [2.05, 4.69) is 34.5 Å². The maximum atomic E-state index is 5.81. The highest BCUT2D eigenvalue weighted by Crippen LogP contribution is 2.31. The second-order valence-corrected chi connectivity index (χ2v) is 5.09. The van der Waals surface area contributed by atoms with Crippen LogP contribution in [0.2, 0.25) is 0 Å². The number of para-hydroxylation sites is 1. The molecular weight excluding hydrogens is 252 g/mol. The van der Waals surface area contributed by atoms with Gasteiger partial charge in [-0.1, -0.05) is 18.2 Å². The molecule has 0 radical (unpaired) electrons. The van der Waals surface area contributed by atoms with Crippen LogP contribution in [-0.4, -0.2) is 13.5 Å². The summed E-state index contributed by atoms with van der Waals surface area (Å²) >= 11 is 0. The second-order valence-electron chi connectivity index (χ2n) is 5.09. The molecule has 2 aromatic rings. The molecule has 0 amide bonds. The summed E-state index contributed by atoms with van der Waals surface area (Å²) in [5.41, 5.74) is 3.60. The highest BCUT2D eigenvalue weighted by atomic mass is 16.5. The van der Waals surface area contributed by atoms with E-state index in [1.165, 1.54) is 16.8 Å². The Bertz CT molecular complexity index is 642. The van der Waals surface area contributed by atoms with Gasteiger partial charge in [0, 0.05) is 29.9 Å². The lowest BCUT2D eigenvalue weighted by Gasteiger charge is -2.31. The topological polar surface area (TPSA) is 33.7 Å². The zero-order chi connectivity index (χ0) is 13.4. The molecule has 0 fully saturated rings. The lowest BCUT2D eigenvalue weighted by atomic mass is 10.1. The molecular formula is C16H16N2O2. The van der Waals surface area contributed by atoms with Gasteiger partial charge in [-0.25, -0.2) is 0 Å². The van der Waals surface area contributed by atoms with Gasteiger partial charge in [0.15, 0.2) is 6.73 Å². The molecule has 0 atom stereocenters. The van der Waals surface area contributed by atoms with E-state index in [0.29, 0.717) is 13.5 Å². The van der Waals surface area contributed by atoms with Crippen molar-refractivity contribution in [1.82, 2.24) is 5.32 Å². The van der Waals surface area contributed by atoms with Gasteiger partial charge in [0.05, 0.1) is 0 Å². The van der Waals surface area contributed by atoms with Gasteiger partial charge in [0.25, 0.3) is 0 Å². The fraction of sp³-hybridized carbons (Fsp3) is 0.250. The summed E-state index contributed by atoms with van der Waals surface area (Å²) in [6.07, 6.45) is 0. The largest absolute Gasteiger partial charge is 0.478 e. The van der Waals surface area contributed by atoms with Crippen molar-refractivity contribution in [3.63, 3.8) is 0 Å². The molecule has 0 aromatic heterocycles. The third-order valence-corrected chi connectivity index (χ3v) is 3.76. The average Bonchev–Trinajstić information content (AvgIpc) is 2.54. The number of benzene rings is 2. The molecule has 0 saturated carbocycles. The standard InChI is InChI=1S/C16H16N2O2/c1-2-4-15-12(3-1)9-18(11-20-15)14-5-6-16-13(7-14)8-17-10-19-16/h1-7,17H,8-11H2. The van der Waals surface area contributed by atoms with Crippen LogP contribution < -0.4 is 19.7 Å². The summed E-state index contributed by atoms with van der Waals surface area (Å²) in [6.45, 7) is 2.91. The highest BCUT2D eigenvalue weighted by molar-refractivity contribution is 5.55. The maximum absolute atomic E-state index is 5.81. The van der Waals surface area contributed by atoms with Crippen LogP contribution in [0.1, 0.15) is 11.1 Å². The van der Waals surface area contributed by atoms with E-state index in [-0.39, 0.29) is 0 Å². The number of nitrogens with zero attached hydrogens (tertiary/aromatic N) is 1.